The summed E-state index contributed by atoms with van der Waals surface area (Å²) < 4.78 is 2.71. The van der Waals surface area contributed by atoms with Crippen molar-refractivity contribution >= 4 is 26.8 Å². The standard InChI is InChI=1S/C15H17BrN2O/c16-12-5-6-13-14(9-12)17-10-18(15(13)19)8-7-11-3-1-2-4-11/h5-6,9-11H,1-4,7-8H2. The van der Waals surface area contributed by atoms with E-state index in [0.717, 1.165) is 28.9 Å². The fourth-order valence-electron chi connectivity index (χ4n) is 2.91. The highest BCUT2D eigenvalue weighted by Gasteiger charge is 2.15. The van der Waals surface area contributed by atoms with E-state index in [1.807, 2.05) is 18.2 Å². The van der Waals surface area contributed by atoms with Crippen LogP contribution in [0.1, 0.15) is 32.1 Å². The minimum atomic E-state index is 0.0792. The normalized spacial score (nSPS) is 16.3. The molecule has 2 aromatic rings. The van der Waals surface area contributed by atoms with Gasteiger partial charge < -0.3 is 0 Å². The molecule has 1 fully saturated rings. The first-order valence-electron chi connectivity index (χ1n) is 6.89. The molecule has 1 aromatic carbocycles. The SMILES string of the molecule is O=c1c2ccc(Br)cc2ncn1CCC1CCCC1. The van der Waals surface area contributed by atoms with Crippen LogP contribution in [0.4, 0.5) is 0 Å². The van der Waals surface area contributed by atoms with E-state index in [9.17, 15) is 4.79 Å². The van der Waals surface area contributed by atoms with Crippen LogP contribution < -0.4 is 5.56 Å². The molecule has 0 N–H and O–H groups in total. The molecule has 0 atom stereocenters. The van der Waals surface area contributed by atoms with E-state index >= 15 is 0 Å². The average Bonchev–Trinajstić information content (AvgIpc) is 2.91. The van der Waals surface area contributed by atoms with Crippen LogP contribution in [0.3, 0.4) is 0 Å². The Bertz CT molecular complexity index is 644. The molecule has 1 aliphatic carbocycles. The van der Waals surface area contributed by atoms with Crippen molar-refractivity contribution in [3.63, 3.8) is 0 Å². The van der Waals surface area contributed by atoms with Crippen molar-refractivity contribution in [3.8, 4) is 0 Å². The number of hydrogen-bond donors (Lipinski definition) is 0. The van der Waals surface area contributed by atoms with Gasteiger partial charge in [-0.2, -0.15) is 0 Å². The summed E-state index contributed by atoms with van der Waals surface area (Å²) >= 11 is 3.40. The lowest BCUT2D eigenvalue weighted by Crippen LogP contribution is -2.21. The molecule has 1 saturated carbocycles. The third-order valence-corrected chi connectivity index (χ3v) is 4.53. The van der Waals surface area contributed by atoms with Gasteiger partial charge in [-0.15, -0.1) is 0 Å². The second-order valence-corrected chi connectivity index (χ2v) is 6.26. The van der Waals surface area contributed by atoms with Gasteiger partial charge in [-0.25, -0.2) is 4.98 Å². The summed E-state index contributed by atoms with van der Waals surface area (Å²) in [6, 6.07) is 5.63. The van der Waals surface area contributed by atoms with Crippen molar-refractivity contribution in [2.24, 2.45) is 5.92 Å². The maximum atomic E-state index is 12.4. The number of hydrogen-bond acceptors (Lipinski definition) is 2. The predicted octanol–water partition coefficient (Wildman–Crippen LogP) is 3.74. The summed E-state index contributed by atoms with van der Waals surface area (Å²) in [6.45, 7) is 0.794. The minimum Gasteiger partial charge on any atom is -0.299 e. The molecule has 4 heteroatoms. The van der Waals surface area contributed by atoms with Gasteiger partial charge in [0.05, 0.1) is 17.2 Å². The van der Waals surface area contributed by atoms with Gasteiger partial charge in [0.15, 0.2) is 0 Å². The molecule has 3 nitrogen and oxygen atoms in total. The van der Waals surface area contributed by atoms with Crippen molar-refractivity contribution in [2.45, 2.75) is 38.6 Å². The van der Waals surface area contributed by atoms with Crippen LogP contribution in [0.15, 0.2) is 33.8 Å². The number of rotatable bonds is 3. The first-order valence-corrected chi connectivity index (χ1v) is 7.68. The number of halogens is 1. The van der Waals surface area contributed by atoms with Crippen molar-refractivity contribution < 1.29 is 0 Å². The highest BCUT2D eigenvalue weighted by Crippen LogP contribution is 2.27. The zero-order valence-corrected chi connectivity index (χ0v) is 12.4. The predicted molar refractivity (Wildman–Crippen MR) is 80.3 cm³/mol. The highest BCUT2D eigenvalue weighted by molar-refractivity contribution is 9.10. The first-order chi connectivity index (χ1) is 9.24. The lowest BCUT2D eigenvalue weighted by molar-refractivity contribution is 0.452. The smallest absolute Gasteiger partial charge is 0.261 e. The molecule has 1 aromatic heterocycles. The maximum absolute atomic E-state index is 12.4. The van der Waals surface area contributed by atoms with E-state index in [0.29, 0.717) is 5.39 Å². The number of nitrogens with zero attached hydrogens (tertiary/aromatic N) is 2. The molecule has 1 heterocycles. The summed E-state index contributed by atoms with van der Waals surface area (Å²) in [5.74, 6) is 0.799. The molecule has 3 rings (SSSR count). The average molecular weight is 321 g/mol. The summed E-state index contributed by atoms with van der Waals surface area (Å²) in [5, 5.41) is 0.706. The van der Waals surface area contributed by atoms with Crippen LogP contribution in [0.2, 0.25) is 0 Å². The summed E-state index contributed by atoms with van der Waals surface area (Å²) in [5.41, 5.74) is 0.840. The molecule has 0 spiro atoms. The molecule has 0 radical (unpaired) electrons. The largest absolute Gasteiger partial charge is 0.299 e. The molecule has 0 bridgehead atoms. The van der Waals surface area contributed by atoms with E-state index in [2.05, 4.69) is 20.9 Å². The molecule has 0 amide bonds. The van der Waals surface area contributed by atoms with Gasteiger partial charge in [0.25, 0.3) is 5.56 Å². The van der Waals surface area contributed by atoms with Gasteiger partial charge in [0, 0.05) is 11.0 Å². The zero-order valence-electron chi connectivity index (χ0n) is 10.8. The maximum Gasteiger partial charge on any atom is 0.261 e. The second-order valence-electron chi connectivity index (χ2n) is 5.34. The van der Waals surface area contributed by atoms with Crippen molar-refractivity contribution in [3.05, 3.63) is 39.4 Å². The minimum absolute atomic E-state index is 0.0792. The number of fused-ring (bicyclic) bond motifs is 1. The lowest BCUT2D eigenvalue weighted by Gasteiger charge is -2.10. The van der Waals surface area contributed by atoms with Gasteiger partial charge in [-0.05, 0) is 30.5 Å². The van der Waals surface area contributed by atoms with Crippen molar-refractivity contribution in [1.29, 1.82) is 0 Å². The summed E-state index contributed by atoms with van der Waals surface area (Å²) in [7, 11) is 0. The van der Waals surface area contributed by atoms with Crippen LogP contribution >= 0.6 is 15.9 Å². The second kappa shape index (κ2) is 5.45. The van der Waals surface area contributed by atoms with Gasteiger partial charge in [0.1, 0.15) is 0 Å². The monoisotopic (exact) mass is 320 g/mol. The number of aryl methyl sites for hydroxylation is 1. The highest BCUT2D eigenvalue weighted by atomic mass is 79.9. The van der Waals surface area contributed by atoms with Gasteiger partial charge in [-0.1, -0.05) is 41.6 Å². The Labute approximate surface area is 120 Å². The Morgan fingerprint density at radius 3 is 2.89 bits per heavy atom. The topological polar surface area (TPSA) is 34.9 Å². The lowest BCUT2D eigenvalue weighted by atomic mass is 10.0. The molecule has 19 heavy (non-hydrogen) atoms. The van der Waals surface area contributed by atoms with E-state index in [1.165, 1.54) is 25.7 Å². The molecule has 100 valence electrons. The van der Waals surface area contributed by atoms with Crippen molar-refractivity contribution in [2.75, 3.05) is 0 Å². The van der Waals surface area contributed by atoms with Crippen molar-refractivity contribution in [1.82, 2.24) is 9.55 Å². The third-order valence-electron chi connectivity index (χ3n) is 4.04. The van der Waals surface area contributed by atoms with Crippen LogP contribution in [0.5, 0.6) is 0 Å². The molecule has 0 saturated heterocycles. The first kappa shape index (κ1) is 12.9. The Hall–Kier alpha value is -1.16. The summed E-state index contributed by atoms with van der Waals surface area (Å²) in [6.07, 6.45) is 8.13. The van der Waals surface area contributed by atoms with Gasteiger partial charge in [-0.3, -0.25) is 9.36 Å². The number of benzene rings is 1. The Morgan fingerprint density at radius 2 is 2.11 bits per heavy atom. The van der Waals surface area contributed by atoms with Crippen LogP contribution in [-0.4, -0.2) is 9.55 Å². The number of aromatic nitrogens is 2. The molecular weight excluding hydrogens is 304 g/mol. The van der Waals surface area contributed by atoms with Gasteiger partial charge in [0.2, 0.25) is 0 Å². The molecular formula is C15H17BrN2O. The fourth-order valence-corrected chi connectivity index (χ4v) is 3.26. The third kappa shape index (κ3) is 2.73. The van der Waals surface area contributed by atoms with Crippen LogP contribution in [0.25, 0.3) is 10.9 Å². The van der Waals surface area contributed by atoms with E-state index in [1.54, 1.807) is 10.9 Å². The Morgan fingerprint density at radius 1 is 1.32 bits per heavy atom. The molecule has 0 unspecified atom stereocenters. The van der Waals surface area contributed by atoms with Crippen LogP contribution in [-0.2, 0) is 6.54 Å². The Balaban J connectivity index is 1.85. The molecule has 1 aliphatic rings. The van der Waals surface area contributed by atoms with E-state index < -0.39 is 0 Å². The summed E-state index contributed by atoms with van der Waals surface area (Å²) in [4.78, 5) is 16.7. The van der Waals surface area contributed by atoms with Crippen LogP contribution in [0, 0.1) is 5.92 Å². The quantitative estimate of drug-likeness (QED) is 0.863. The van der Waals surface area contributed by atoms with E-state index in [4.69, 9.17) is 0 Å². The Kier molecular flexibility index (Phi) is 3.69. The molecule has 0 aliphatic heterocycles. The fraction of sp³-hybridized carbons (Fsp3) is 0.467. The zero-order chi connectivity index (χ0) is 13.2. The van der Waals surface area contributed by atoms with E-state index in [-0.39, 0.29) is 5.56 Å². The van der Waals surface area contributed by atoms with Gasteiger partial charge >= 0.3 is 0 Å².